The van der Waals surface area contributed by atoms with Crippen molar-refractivity contribution in [1.29, 1.82) is 0 Å². The Bertz CT molecular complexity index is 417. The van der Waals surface area contributed by atoms with E-state index in [0.29, 0.717) is 12.5 Å². The number of carbonyl (C=O) groups is 1. The topological polar surface area (TPSA) is 38.3 Å². The molecule has 0 heterocycles. The van der Waals surface area contributed by atoms with Crippen LogP contribution >= 0.6 is 15.9 Å². The highest BCUT2D eigenvalue weighted by molar-refractivity contribution is 9.10. The number of hydrogen-bond acceptors (Lipinski definition) is 2. The molecule has 1 N–H and O–H groups in total. The molecule has 1 aromatic rings. The molecule has 1 amide bonds. The average molecular weight is 328 g/mol. The van der Waals surface area contributed by atoms with Gasteiger partial charge in [-0.1, -0.05) is 19.9 Å². The van der Waals surface area contributed by atoms with Crippen LogP contribution in [-0.2, 0) is 11.2 Å². The van der Waals surface area contributed by atoms with Gasteiger partial charge in [0.15, 0.2) is 0 Å². The molecule has 0 atom stereocenters. The molecule has 0 spiro atoms. The Morgan fingerprint density at radius 2 is 2.05 bits per heavy atom. The van der Waals surface area contributed by atoms with Crippen LogP contribution in [0.3, 0.4) is 0 Å². The molecule has 0 aliphatic carbocycles. The number of amides is 1. The van der Waals surface area contributed by atoms with Gasteiger partial charge >= 0.3 is 0 Å². The molecule has 3 nitrogen and oxygen atoms in total. The Morgan fingerprint density at radius 3 is 2.58 bits per heavy atom. The third-order valence-electron chi connectivity index (χ3n) is 3.21. The van der Waals surface area contributed by atoms with E-state index in [-0.39, 0.29) is 5.91 Å². The molecule has 0 radical (unpaired) electrons. The first-order chi connectivity index (χ1) is 9.10. The number of methoxy groups -OCH3 is 1. The highest BCUT2D eigenvalue weighted by Gasteiger charge is 2.09. The lowest BCUT2D eigenvalue weighted by Gasteiger charge is -2.14. The molecule has 0 aliphatic rings. The van der Waals surface area contributed by atoms with Gasteiger partial charge in [-0.25, -0.2) is 0 Å². The molecule has 1 rings (SSSR count). The molecule has 0 aliphatic heterocycles. The van der Waals surface area contributed by atoms with E-state index in [1.54, 1.807) is 7.11 Å². The van der Waals surface area contributed by atoms with Crippen molar-refractivity contribution in [1.82, 2.24) is 5.32 Å². The minimum atomic E-state index is 0.126. The van der Waals surface area contributed by atoms with Crippen molar-refractivity contribution in [2.75, 3.05) is 7.11 Å². The largest absolute Gasteiger partial charge is 0.496 e. The summed E-state index contributed by atoms with van der Waals surface area (Å²) in [6, 6.07) is 6.21. The van der Waals surface area contributed by atoms with Gasteiger partial charge < -0.3 is 10.1 Å². The van der Waals surface area contributed by atoms with Crippen molar-refractivity contribution in [3.8, 4) is 5.75 Å². The average Bonchev–Trinajstić information content (AvgIpc) is 2.42. The van der Waals surface area contributed by atoms with Crippen LogP contribution in [0.15, 0.2) is 22.7 Å². The second-order valence-corrected chi connectivity index (χ2v) is 5.40. The number of ether oxygens (including phenoxy) is 1. The van der Waals surface area contributed by atoms with E-state index >= 15 is 0 Å². The standard InChI is InChI=1S/C15H22BrNO2/c1-4-12(5-2)17-15(18)9-7-11-6-8-14(19-3)13(16)10-11/h6,8,10,12H,4-5,7,9H2,1-3H3,(H,17,18). The minimum Gasteiger partial charge on any atom is -0.496 e. The van der Waals surface area contributed by atoms with Crippen LogP contribution in [0.4, 0.5) is 0 Å². The maximum atomic E-state index is 11.8. The number of carbonyl (C=O) groups excluding carboxylic acids is 1. The van der Waals surface area contributed by atoms with E-state index < -0.39 is 0 Å². The summed E-state index contributed by atoms with van der Waals surface area (Å²) >= 11 is 3.45. The molecule has 0 bridgehead atoms. The summed E-state index contributed by atoms with van der Waals surface area (Å²) in [5.74, 6) is 0.936. The van der Waals surface area contributed by atoms with Crippen molar-refractivity contribution >= 4 is 21.8 Å². The van der Waals surface area contributed by atoms with Crippen molar-refractivity contribution < 1.29 is 9.53 Å². The monoisotopic (exact) mass is 327 g/mol. The first-order valence-corrected chi connectivity index (χ1v) is 7.51. The van der Waals surface area contributed by atoms with E-state index in [4.69, 9.17) is 4.74 Å². The van der Waals surface area contributed by atoms with Crippen LogP contribution in [0.25, 0.3) is 0 Å². The zero-order valence-electron chi connectivity index (χ0n) is 11.8. The van der Waals surface area contributed by atoms with E-state index in [2.05, 4.69) is 35.1 Å². The fourth-order valence-electron chi connectivity index (χ4n) is 1.92. The Labute approximate surface area is 123 Å². The van der Waals surface area contributed by atoms with E-state index in [9.17, 15) is 4.79 Å². The number of benzene rings is 1. The third kappa shape index (κ3) is 5.23. The van der Waals surface area contributed by atoms with Gasteiger partial charge in [0.25, 0.3) is 0 Å². The van der Waals surface area contributed by atoms with Gasteiger partial charge in [0.05, 0.1) is 11.6 Å². The SMILES string of the molecule is CCC(CC)NC(=O)CCc1ccc(OC)c(Br)c1. The fraction of sp³-hybridized carbons (Fsp3) is 0.533. The summed E-state index contributed by atoms with van der Waals surface area (Å²) in [5, 5.41) is 3.05. The first kappa shape index (κ1) is 16.0. The molecular weight excluding hydrogens is 306 g/mol. The van der Waals surface area contributed by atoms with Gasteiger partial charge in [0.2, 0.25) is 5.91 Å². The summed E-state index contributed by atoms with van der Waals surface area (Å²) in [6.07, 6.45) is 3.23. The van der Waals surface area contributed by atoms with Crippen LogP contribution in [0, 0.1) is 0 Å². The molecule has 0 saturated heterocycles. The van der Waals surface area contributed by atoms with Gasteiger partial charge in [0.1, 0.15) is 5.75 Å². The number of aryl methyl sites for hydroxylation is 1. The summed E-state index contributed by atoms with van der Waals surface area (Å²) in [5.41, 5.74) is 1.13. The van der Waals surface area contributed by atoms with Crippen LogP contribution in [0.1, 0.15) is 38.7 Å². The number of halogens is 1. The van der Waals surface area contributed by atoms with Crippen LogP contribution in [-0.4, -0.2) is 19.1 Å². The molecule has 0 saturated carbocycles. The normalized spacial score (nSPS) is 10.6. The van der Waals surface area contributed by atoms with E-state index in [0.717, 1.165) is 35.0 Å². The molecule has 0 unspecified atom stereocenters. The predicted octanol–water partition coefficient (Wildman–Crippen LogP) is 3.70. The Morgan fingerprint density at radius 1 is 1.37 bits per heavy atom. The van der Waals surface area contributed by atoms with Gasteiger partial charge in [-0.05, 0) is 52.9 Å². The summed E-state index contributed by atoms with van der Waals surface area (Å²) in [7, 11) is 1.64. The number of hydrogen-bond donors (Lipinski definition) is 1. The smallest absolute Gasteiger partial charge is 0.220 e. The fourth-order valence-corrected chi connectivity index (χ4v) is 2.50. The summed E-state index contributed by atoms with van der Waals surface area (Å²) in [4.78, 5) is 11.8. The van der Waals surface area contributed by atoms with Crippen LogP contribution < -0.4 is 10.1 Å². The summed E-state index contributed by atoms with van der Waals surface area (Å²) < 4.78 is 6.11. The molecule has 4 heteroatoms. The number of nitrogens with one attached hydrogen (secondary N) is 1. The molecular formula is C15H22BrNO2. The van der Waals surface area contributed by atoms with Gasteiger partial charge in [-0.2, -0.15) is 0 Å². The number of rotatable bonds is 7. The molecule has 106 valence electrons. The first-order valence-electron chi connectivity index (χ1n) is 6.72. The zero-order valence-corrected chi connectivity index (χ0v) is 13.4. The maximum Gasteiger partial charge on any atom is 0.220 e. The third-order valence-corrected chi connectivity index (χ3v) is 3.83. The van der Waals surface area contributed by atoms with Gasteiger partial charge in [-0.15, -0.1) is 0 Å². The lowest BCUT2D eigenvalue weighted by Crippen LogP contribution is -2.33. The van der Waals surface area contributed by atoms with E-state index in [1.165, 1.54) is 0 Å². The maximum absolute atomic E-state index is 11.8. The molecule has 0 fully saturated rings. The van der Waals surface area contributed by atoms with E-state index in [1.807, 2.05) is 18.2 Å². The molecule has 0 aromatic heterocycles. The van der Waals surface area contributed by atoms with Crippen LogP contribution in [0.2, 0.25) is 0 Å². The highest BCUT2D eigenvalue weighted by Crippen LogP contribution is 2.25. The quantitative estimate of drug-likeness (QED) is 0.829. The molecule has 1 aromatic carbocycles. The second kappa shape index (κ2) is 8.20. The van der Waals surface area contributed by atoms with Crippen LogP contribution in [0.5, 0.6) is 5.75 Å². The lowest BCUT2D eigenvalue weighted by molar-refractivity contribution is -0.121. The van der Waals surface area contributed by atoms with Crippen molar-refractivity contribution in [2.24, 2.45) is 0 Å². The lowest BCUT2D eigenvalue weighted by atomic mass is 10.1. The Balaban J connectivity index is 2.48. The Hall–Kier alpha value is -1.03. The van der Waals surface area contributed by atoms with Gasteiger partial charge in [0, 0.05) is 12.5 Å². The second-order valence-electron chi connectivity index (χ2n) is 4.55. The summed E-state index contributed by atoms with van der Waals surface area (Å²) in [6.45, 7) is 4.18. The van der Waals surface area contributed by atoms with Crippen molar-refractivity contribution in [2.45, 2.75) is 45.6 Å². The minimum absolute atomic E-state index is 0.126. The van der Waals surface area contributed by atoms with Crippen molar-refractivity contribution in [3.05, 3.63) is 28.2 Å². The predicted molar refractivity (Wildman–Crippen MR) is 81.5 cm³/mol. The Kier molecular flexibility index (Phi) is 6.92. The van der Waals surface area contributed by atoms with Gasteiger partial charge in [-0.3, -0.25) is 4.79 Å². The zero-order chi connectivity index (χ0) is 14.3. The van der Waals surface area contributed by atoms with Crippen molar-refractivity contribution in [3.63, 3.8) is 0 Å². The highest BCUT2D eigenvalue weighted by atomic mass is 79.9. The molecule has 19 heavy (non-hydrogen) atoms.